The maximum atomic E-state index is 12.9. The molecule has 0 saturated heterocycles. The van der Waals surface area contributed by atoms with E-state index in [9.17, 15) is 9.90 Å². The van der Waals surface area contributed by atoms with E-state index in [0.29, 0.717) is 17.1 Å². The van der Waals surface area contributed by atoms with Crippen molar-refractivity contribution in [3.05, 3.63) is 40.8 Å². The summed E-state index contributed by atoms with van der Waals surface area (Å²) in [6, 6.07) is 1.93. The quantitative estimate of drug-likeness (QED) is 0.534. The Balaban J connectivity index is 1.44. The third-order valence-electron chi connectivity index (χ3n) is 6.59. The second-order valence-corrected chi connectivity index (χ2v) is 8.55. The molecule has 3 fully saturated rings. The molecule has 3 aliphatic rings. The molecule has 10 heteroatoms. The fourth-order valence-corrected chi connectivity index (χ4v) is 5.15. The molecule has 0 aromatic carbocycles. The number of pyridine rings is 1. The van der Waals surface area contributed by atoms with Gasteiger partial charge in [0, 0.05) is 19.1 Å². The first kappa shape index (κ1) is 16.7. The van der Waals surface area contributed by atoms with E-state index in [4.69, 9.17) is 4.98 Å². The first-order chi connectivity index (χ1) is 13.9. The summed E-state index contributed by atoms with van der Waals surface area (Å²) in [6.07, 6.45) is 7.50. The molecule has 0 radical (unpaired) electrons. The molecule has 2 bridgehead atoms. The van der Waals surface area contributed by atoms with E-state index in [1.54, 1.807) is 26.9 Å². The zero-order valence-electron chi connectivity index (χ0n) is 16.1. The largest absolute Gasteiger partial charge is 0.396 e. The number of anilines is 2. The predicted molar refractivity (Wildman–Crippen MR) is 105 cm³/mol. The van der Waals surface area contributed by atoms with Crippen LogP contribution in [0.5, 0.6) is 0 Å². The zero-order valence-corrected chi connectivity index (χ0v) is 16.1. The summed E-state index contributed by atoms with van der Waals surface area (Å²) >= 11 is 0. The summed E-state index contributed by atoms with van der Waals surface area (Å²) in [4.78, 5) is 26.2. The van der Waals surface area contributed by atoms with Crippen LogP contribution in [0.4, 0.5) is 11.6 Å². The van der Waals surface area contributed by atoms with Crippen LogP contribution in [0.15, 0.2) is 29.6 Å². The topological polar surface area (TPSA) is 115 Å². The van der Waals surface area contributed by atoms with E-state index in [-0.39, 0.29) is 23.3 Å². The molecule has 10 nitrogen and oxygen atoms in total. The first-order valence-corrected chi connectivity index (χ1v) is 9.57. The molecule has 0 spiro atoms. The van der Waals surface area contributed by atoms with Crippen LogP contribution in [0.3, 0.4) is 0 Å². The number of hydrogen-bond donors (Lipinski definition) is 2. The minimum atomic E-state index is -0.222. The molecular weight excluding hydrogens is 372 g/mol. The third-order valence-corrected chi connectivity index (χ3v) is 6.59. The molecule has 4 aromatic heterocycles. The summed E-state index contributed by atoms with van der Waals surface area (Å²) in [5.41, 5.74) is 3.59. The number of hydrogen-bond acceptors (Lipinski definition) is 7. The molecule has 0 aliphatic heterocycles. The van der Waals surface area contributed by atoms with E-state index in [1.165, 1.54) is 6.33 Å². The zero-order chi connectivity index (χ0) is 20.0. The number of imidazole rings is 1. The van der Waals surface area contributed by atoms with Crippen molar-refractivity contribution in [2.75, 3.05) is 11.9 Å². The summed E-state index contributed by atoms with van der Waals surface area (Å²) in [5.74, 6) is 0.419. The van der Waals surface area contributed by atoms with Crippen molar-refractivity contribution in [3.8, 4) is 0 Å². The summed E-state index contributed by atoms with van der Waals surface area (Å²) in [5, 5.41) is 17.0. The average Bonchev–Trinajstić information content (AvgIpc) is 3.18. The van der Waals surface area contributed by atoms with Gasteiger partial charge in [-0.3, -0.25) is 9.13 Å². The molecule has 0 atom stereocenters. The Labute approximate surface area is 164 Å². The van der Waals surface area contributed by atoms with Gasteiger partial charge in [0.2, 0.25) is 5.95 Å². The molecule has 4 heterocycles. The smallest absolute Gasteiger partial charge is 0.330 e. The molecule has 3 aliphatic carbocycles. The van der Waals surface area contributed by atoms with Gasteiger partial charge in [0.25, 0.3) is 0 Å². The Hall–Kier alpha value is -3.27. The molecule has 0 unspecified atom stereocenters. The van der Waals surface area contributed by atoms with Gasteiger partial charge in [-0.05, 0) is 37.8 Å². The van der Waals surface area contributed by atoms with Gasteiger partial charge < -0.3 is 10.4 Å². The highest BCUT2D eigenvalue weighted by molar-refractivity contribution is 5.74. The second-order valence-electron chi connectivity index (χ2n) is 8.55. The molecule has 3 saturated carbocycles. The van der Waals surface area contributed by atoms with Crippen molar-refractivity contribution in [1.29, 1.82) is 0 Å². The molecule has 2 N–H and O–H groups in total. The SMILES string of the molecule is Cc1cc2ncnn2cc1Nc1ncc2c(n1)n(C13CC(CO)(C1)C3)c(=O)n2C. The third kappa shape index (κ3) is 2.06. The molecule has 7 rings (SSSR count). The van der Waals surface area contributed by atoms with Crippen molar-refractivity contribution in [2.24, 2.45) is 12.5 Å². The highest BCUT2D eigenvalue weighted by Gasteiger charge is 2.69. The van der Waals surface area contributed by atoms with Crippen LogP contribution < -0.4 is 11.0 Å². The summed E-state index contributed by atoms with van der Waals surface area (Å²) in [6.45, 7) is 2.16. The maximum absolute atomic E-state index is 12.9. The standard InChI is InChI=1S/C19H20N8O2/c1-11-3-14-21-10-22-26(14)5-12(11)23-16-20-4-13-15(24-16)27(17(29)25(13)2)19-6-18(7-19,8-19)9-28/h3-5,10,28H,6-9H2,1-2H3,(H,20,23,24). The number of rotatable bonds is 4. The molecule has 0 amide bonds. The van der Waals surface area contributed by atoms with Crippen molar-refractivity contribution in [1.82, 2.24) is 33.7 Å². The van der Waals surface area contributed by atoms with Crippen LogP contribution in [0.25, 0.3) is 16.8 Å². The van der Waals surface area contributed by atoms with Crippen LogP contribution in [-0.2, 0) is 12.6 Å². The van der Waals surface area contributed by atoms with Crippen LogP contribution in [0, 0.1) is 12.3 Å². The Morgan fingerprint density at radius 2 is 2.07 bits per heavy atom. The second kappa shape index (κ2) is 5.20. The van der Waals surface area contributed by atoms with Crippen molar-refractivity contribution < 1.29 is 5.11 Å². The Morgan fingerprint density at radius 3 is 2.83 bits per heavy atom. The lowest BCUT2D eigenvalue weighted by Crippen LogP contribution is -2.70. The van der Waals surface area contributed by atoms with Gasteiger partial charge in [0.05, 0.1) is 23.6 Å². The predicted octanol–water partition coefficient (Wildman–Crippen LogP) is 1.10. The number of aliphatic hydroxyl groups is 1. The fourth-order valence-electron chi connectivity index (χ4n) is 5.15. The lowest BCUT2D eigenvalue weighted by Gasteiger charge is -2.70. The number of fused-ring (bicyclic) bond motifs is 2. The highest BCUT2D eigenvalue weighted by atomic mass is 16.3. The van der Waals surface area contributed by atoms with Gasteiger partial charge in [-0.1, -0.05) is 0 Å². The minimum Gasteiger partial charge on any atom is -0.396 e. The Kier molecular flexibility index (Phi) is 2.99. The molecular formula is C19H20N8O2. The highest BCUT2D eigenvalue weighted by Crippen LogP contribution is 2.71. The normalized spacial score (nSPS) is 25.2. The van der Waals surface area contributed by atoms with Gasteiger partial charge in [-0.15, -0.1) is 0 Å². The average molecular weight is 392 g/mol. The van der Waals surface area contributed by atoms with Crippen molar-refractivity contribution >= 4 is 28.4 Å². The Bertz CT molecular complexity index is 1340. The number of aromatic nitrogens is 7. The number of aliphatic hydroxyl groups excluding tert-OH is 1. The lowest BCUT2D eigenvalue weighted by atomic mass is 9.39. The summed E-state index contributed by atoms with van der Waals surface area (Å²) < 4.78 is 5.08. The van der Waals surface area contributed by atoms with Crippen molar-refractivity contribution in [3.63, 3.8) is 0 Å². The minimum absolute atomic E-state index is 0.0000376. The molecule has 148 valence electrons. The maximum Gasteiger partial charge on any atom is 0.330 e. The molecule has 4 aromatic rings. The van der Waals surface area contributed by atoms with Crippen LogP contribution in [-0.4, -0.2) is 45.4 Å². The van der Waals surface area contributed by atoms with E-state index >= 15 is 0 Å². The van der Waals surface area contributed by atoms with E-state index < -0.39 is 0 Å². The number of nitrogens with zero attached hydrogens (tertiary/aromatic N) is 7. The van der Waals surface area contributed by atoms with Crippen LogP contribution >= 0.6 is 0 Å². The van der Waals surface area contributed by atoms with E-state index in [2.05, 4.69) is 20.4 Å². The van der Waals surface area contributed by atoms with Crippen LogP contribution in [0.2, 0.25) is 0 Å². The van der Waals surface area contributed by atoms with Gasteiger partial charge in [-0.2, -0.15) is 10.1 Å². The van der Waals surface area contributed by atoms with Crippen molar-refractivity contribution in [2.45, 2.75) is 31.7 Å². The van der Waals surface area contributed by atoms with E-state index in [1.807, 2.05) is 19.2 Å². The number of nitrogens with one attached hydrogen (secondary N) is 1. The first-order valence-electron chi connectivity index (χ1n) is 9.57. The monoisotopic (exact) mass is 392 g/mol. The fraction of sp³-hybridized carbons (Fsp3) is 0.421. The van der Waals surface area contributed by atoms with Gasteiger partial charge in [-0.25, -0.2) is 19.3 Å². The molecule has 29 heavy (non-hydrogen) atoms. The number of aryl methyl sites for hydroxylation is 2. The van der Waals surface area contributed by atoms with Gasteiger partial charge >= 0.3 is 5.69 Å². The van der Waals surface area contributed by atoms with Gasteiger partial charge in [0.15, 0.2) is 11.3 Å². The van der Waals surface area contributed by atoms with Gasteiger partial charge in [0.1, 0.15) is 11.8 Å². The Morgan fingerprint density at radius 1 is 1.28 bits per heavy atom. The lowest BCUT2D eigenvalue weighted by molar-refractivity contribution is -0.207. The summed E-state index contributed by atoms with van der Waals surface area (Å²) in [7, 11) is 1.74. The van der Waals surface area contributed by atoms with E-state index in [0.717, 1.165) is 36.2 Å². The van der Waals surface area contributed by atoms with Crippen LogP contribution in [0.1, 0.15) is 24.8 Å².